The number of benzene rings is 2. The minimum absolute atomic E-state index is 0.0627. The monoisotopic (exact) mass is 340 g/mol. The van der Waals surface area contributed by atoms with Gasteiger partial charge in [-0.1, -0.05) is 52.9 Å². The van der Waals surface area contributed by atoms with E-state index in [0.29, 0.717) is 11.3 Å². The Morgan fingerprint density at radius 2 is 1.94 bits per heavy atom. The molecule has 2 aromatic carbocycles. The van der Waals surface area contributed by atoms with Gasteiger partial charge in [0, 0.05) is 0 Å². The second-order valence-corrected chi connectivity index (χ2v) is 5.71. The summed E-state index contributed by atoms with van der Waals surface area (Å²) in [5.41, 5.74) is 0.688. The summed E-state index contributed by atoms with van der Waals surface area (Å²) < 4.78 is 5.24. The van der Waals surface area contributed by atoms with Crippen LogP contribution in [0.1, 0.15) is 17.3 Å². The number of carbonyl (C=O) groups is 1. The van der Waals surface area contributed by atoms with Crippen LogP contribution >= 0.6 is 22.6 Å². The van der Waals surface area contributed by atoms with Gasteiger partial charge in [0.2, 0.25) is 0 Å². The van der Waals surface area contributed by atoms with Crippen LogP contribution in [-0.4, -0.2) is 16.8 Å². The summed E-state index contributed by atoms with van der Waals surface area (Å²) in [5, 5.41) is 2.02. The molecule has 0 saturated carbocycles. The minimum atomic E-state index is -0.0627. The summed E-state index contributed by atoms with van der Waals surface area (Å²) in [4.78, 5) is 12.3. The van der Waals surface area contributed by atoms with Crippen LogP contribution < -0.4 is 4.74 Å². The Hall–Kier alpha value is -1.10. The van der Waals surface area contributed by atoms with Gasteiger partial charge in [-0.05, 0) is 23.8 Å². The highest BCUT2D eigenvalue weighted by Gasteiger charge is 2.19. The molecular weight excluding hydrogens is 327 g/mol. The maximum atomic E-state index is 12.3. The van der Waals surface area contributed by atoms with Gasteiger partial charge in [0.25, 0.3) is 0 Å². The van der Waals surface area contributed by atoms with Gasteiger partial charge in [-0.3, -0.25) is 4.79 Å². The van der Waals surface area contributed by atoms with E-state index in [9.17, 15) is 4.79 Å². The molecule has 1 unspecified atom stereocenters. The average molecular weight is 340 g/mol. The Kier molecular flexibility index (Phi) is 3.66. The molecule has 0 spiro atoms. The SMILES string of the molecule is COc1ccc2ccccc2c1C(=O)C(C)I. The van der Waals surface area contributed by atoms with Gasteiger partial charge in [-0.15, -0.1) is 0 Å². The van der Waals surface area contributed by atoms with Crippen molar-refractivity contribution in [1.82, 2.24) is 0 Å². The molecule has 88 valence electrons. The average Bonchev–Trinajstić information content (AvgIpc) is 2.36. The Bertz CT molecular complexity index is 561. The molecule has 0 amide bonds. The molecule has 0 aromatic heterocycles. The highest BCUT2D eigenvalue weighted by Crippen LogP contribution is 2.30. The third-order valence-corrected chi connectivity index (χ3v) is 3.28. The number of hydrogen-bond donors (Lipinski definition) is 0. The van der Waals surface area contributed by atoms with Gasteiger partial charge in [-0.25, -0.2) is 0 Å². The van der Waals surface area contributed by atoms with Crippen molar-refractivity contribution in [2.24, 2.45) is 0 Å². The summed E-state index contributed by atoms with van der Waals surface area (Å²) in [6.45, 7) is 1.89. The number of carbonyl (C=O) groups excluding carboxylic acids is 1. The van der Waals surface area contributed by atoms with Crippen LogP contribution in [0.5, 0.6) is 5.75 Å². The van der Waals surface area contributed by atoms with E-state index < -0.39 is 0 Å². The van der Waals surface area contributed by atoms with Crippen LogP contribution in [0.3, 0.4) is 0 Å². The number of alkyl halides is 1. The van der Waals surface area contributed by atoms with Crippen LogP contribution in [0.2, 0.25) is 0 Å². The zero-order valence-corrected chi connectivity index (χ0v) is 11.9. The zero-order valence-electron chi connectivity index (χ0n) is 9.74. The first-order valence-electron chi connectivity index (χ1n) is 5.39. The molecule has 0 heterocycles. The first kappa shape index (κ1) is 12.4. The lowest BCUT2D eigenvalue weighted by molar-refractivity contribution is 0.0997. The maximum Gasteiger partial charge on any atom is 0.179 e. The van der Waals surface area contributed by atoms with Gasteiger partial charge in [0.1, 0.15) is 5.75 Å². The smallest absolute Gasteiger partial charge is 0.179 e. The number of rotatable bonds is 3. The number of Topliss-reactive ketones (excluding diaryl/α,β-unsaturated/α-hetero) is 1. The number of methoxy groups -OCH3 is 1. The molecule has 3 heteroatoms. The molecule has 0 aliphatic heterocycles. The van der Waals surface area contributed by atoms with Crippen LogP contribution in [0.4, 0.5) is 0 Å². The van der Waals surface area contributed by atoms with E-state index in [4.69, 9.17) is 4.74 Å². The maximum absolute atomic E-state index is 12.3. The van der Waals surface area contributed by atoms with Gasteiger partial charge in [0.15, 0.2) is 5.78 Å². The molecule has 0 radical (unpaired) electrons. The predicted molar refractivity (Wildman–Crippen MR) is 78.3 cm³/mol. The van der Waals surface area contributed by atoms with E-state index in [2.05, 4.69) is 22.6 Å². The molecule has 2 nitrogen and oxygen atoms in total. The van der Waals surface area contributed by atoms with Crippen molar-refractivity contribution >= 4 is 39.1 Å². The molecular formula is C14H13IO2. The van der Waals surface area contributed by atoms with Gasteiger partial charge in [0.05, 0.1) is 16.6 Å². The van der Waals surface area contributed by atoms with Crippen molar-refractivity contribution in [2.45, 2.75) is 10.8 Å². The van der Waals surface area contributed by atoms with E-state index in [1.807, 2.05) is 43.3 Å². The number of halogens is 1. The lowest BCUT2D eigenvalue weighted by Gasteiger charge is -2.12. The minimum Gasteiger partial charge on any atom is -0.496 e. The Morgan fingerprint density at radius 1 is 1.24 bits per heavy atom. The van der Waals surface area contributed by atoms with Crippen molar-refractivity contribution < 1.29 is 9.53 Å². The number of hydrogen-bond acceptors (Lipinski definition) is 2. The van der Waals surface area contributed by atoms with Gasteiger partial charge < -0.3 is 4.74 Å². The number of ether oxygens (including phenoxy) is 1. The first-order valence-corrected chi connectivity index (χ1v) is 6.63. The molecule has 2 aromatic rings. The van der Waals surface area contributed by atoms with Crippen molar-refractivity contribution in [3.8, 4) is 5.75 Å². The first-order chi connectivity index (χ1) is 8.15. The molecule has 0 N–H and O–H groups in total. The standard InChI is InChI=1S/C14H13IO2/c1-9(15)14(16)13-11-6-4-3-5-10(11)7-8-12(13)17-2/h3-9H,1-2H3. The highest BCUT2D eigenvalue weighted by atomic mass is 127. The zero-order chi connectivity index (χ0) is 12.4. The molecule has 2 rings (SSSR count). The van der Waals surface area contributed by atoms with Gasteiger partial charge >= 0.3 is 0 Å². The largest absolute Gasteiger partial charge is 0.496 e. The van der Waals surface area contributed by atoms with Crippen molar-refractivity contribution in [2.75, 3.05) is 7.11 Å². The molecule has 1 atom stereocenters. The summed E-state index contributed by atoms with van der Waals surface area (Å²) in [7, 11) is 1.60. The third kappa shape index (κ3) is 2.29. The molecule has 0 aliphatic carbocycles. The second kappa shape index (κ2) is 5.04. The molecule has 0 fully saturated rings. The van der Waals surface area contributed by atoms with Gasteiger partial charge in [-0.2, -0.15) is 0 Å². The normalized spacial score (nSPS) is 12.4. The van der Waals surface area contributed by atoms with E-state index in [1.165, 1.54) is 0 Å². The third-order valence-electron chi connectivity index (χ3n) is 2.72. The summed E-state index contributed by atoms with van der Waals surface area (Å²) in [6.07, 6.45) is 0. The fraction of sp³-hybridized carbons (Fsp3) is 0.214. The van der Waals surface area contributed by atoms with Crippen LogP contribution in [0, 0.1) is 0 Å². The van der Waals surface area contributed by atoms with Crippen molar-refractivity contribution in [3.63, 3.8) is 0 Å². The summed E-state index contributed by atoms with van der Waals surface area (Å²) >= 11 is 2.13. The van der Waals surface area contributed by atoms with E-state index in [-0.39, 0.29) is 9.71 Å². The highest BCUT2D eigenvalue weighted by molar-refractivity contribution is 14.1. The second-order valence-electron chi connectivity index (χ2n) is 3.84. The number of fused-ring (bicyclic) bond motifs is 1. The quantitative estimate of drug-likeness (QED) is 0.482. The molecule has 0 saturated heterocycles. The molecule has 17 heavy (non-hydrogen) atoms. The Balaban J connectivity index is 2.76. The lowest BCUT2D eigenvalue weighted by Crippen LogP contribution is -2.12. The molecule has 0 aliphatic rings. The van der Waals surface area contributed by atoms with Crippen molar-refractivity contribution in [3.05, 3.63) is 42.0 Å². The molecule has 0 bridgehead atoms. The van der Waals surface area contributed by atoms with Crippen LogP contribution in [0.15, 0.2) is 36.4 Å². The Labute approximate surface area is 114 Å². The summed E-state index contributed by atoms with van der Waals surface area (Å²) in [5.74, 6) is 0.761. The topological polar surface area (TPSA) is 26.3 Å². The fourth-order valence-corrected chi connectivity index (χ4v) is 2.19. The summed E-state index contributed by atoms with van der Waals surface area (Å²) in [6, 6.07) is 11.7. The Morgan fingerprint density at radius 3 is 2.59 bits per heavy atom. The lowest BCUT2D eigenvalue weighted by atomic mass is 9.99. The van der Waals surface area contributed by atoms with E-state index >= 15 is 0 Å². The van der Waals surface area contributed by atoms with E-state index in [0.717, 1.165) is 10.8 Å². The number of ketones is 1. The van der Waals surface area contributed by atoms with Crippen LogP contribution in [0.25, 0.3) is 10.8 Å². The van der Waals surface area contributed by atoms with E-state index in [1.54, 1.807) is 7.11 Å². The fourth-order valence-electron chi connectivity index (χ4n) is 1.87. The van der Waals surface area contributed by atoms with Crippen LogP contribution in [-0.2, 0) is 0 Å². The van der Waals surface area contributed by atoms with Crippen molar-refractivity contribution in [1.29, 1.82) is 0 Å². The predicted octanol–water partition coefficient (Wildman–Crippen LogP) is 3.85.